The molecule has 2 fully saturated rings. The summed E-state index contributed by atoms with van der Waals surface area (Å²) in [5.74, 6) is -0.631. The number of Topliss-reactive ketones (excluding diaryl/α,β-unsaturated/α-hetero) is 1. The molecule has 2 bridgehead atoms. The summed E-state index contributed by atoms with van der Waals surface area (Å²) in [4.78, 5) is 47.6. The molecule has 2 aliphatic heterocycles. The average molecular weight is 339 g/mol. The van der Waals surface area contributed by atoms with E-state index in [4.69, 9.17) is 14.4 Å². The van der Waals surface area contributed by atoms with Crippen LogP contribution >= 0.6 is 0 Å². The Balaban J connectivity index is 2.20. The van der Waals surface area contributed by atoms with Gasteiger partial charge in [0.2, 0.25) is 0 Å². The number of hydroxylamine groups is 2. The topological polar surface area (TPSA) is 97.7 Å². The van der Waals surface area contributed by atoms with Crippen molar-refractivity contribution in [2.45, 2.75) is 31.8 Å². The second-order valence-electron chi connectivity index (χ2n) is 5.35. The first-order valence-corrected chi connectivity index (χ1v) is 7.65. The Morgan fingerprint density at radius 3 is 2.83 bits per heavy atom. The Morgan fingerprint density at radius 1 is 1.46 bits per heavy atom. The molecule has 24 heavy (non-hydrogen) atoms. The number of rotatable bonds is 8. The smallest absolute Gasteiger partial charge is 0.345 e. The van der Waals surface area contributed by atoms with Crippen LogP contribution in [-0.2, 0) is 24.0 Å². The van der Waals surface area contributed by atoms with Crippen LogP contribution < -0.4 is 0 Å². The second kappa shape index (κ2) is 7.91. The zero-order chi connectivity index (χ0) is 17.7. The lowest BCUT2D eigenvalue weighted by molar-refractivity contribution is -0.145. The molecule has 0 unspecified atom stereocenters. The first-order valence-electron chi connectivity index (χ1n) is 7.65. The van der Waals surface area contributed by atoms with E-state index in [-0.39, 0.29) is 32.0 Å². The highest BCUT2D eigenvalue weighted by Gasteiger charge is 2.51. The Morgan fingerprint density at radius 2 is 2.21 bits per heavy atom. The molecule has 2 aliphatic rings. The Kier molecular flexibility index (Phi) is 5.91. The average Bonchev–Trinajstić information content (AvgIpc) is 2.87. The zero-order valence-electron chi connectivity index (χ0n) is 13.8. The van der Waals surface area contributed by atoms with Crippen LogP contribution in [0.3, 0.4) is 0 Å². The third-order valence-electron chi connectivity index (χ3n) is 3.86. The molecule has 0 aliphatic carbocycles. The number of ether oxygens (including phenoxy) is 1. The van der Waals surface area contributed by atoms with E-state index in [1.807, 2.05) is 0 Å². The molecule has 0 spiro atoms. The summed E-state index contributed by atoms with van der Waals surface area (Å²) >= 11 is 0. The summed E-state index contributed by atoms with van der Waals surface area (Å²) in [6, 6.07) is -1.71. The number of nitrogens with zero attached hydrogens (tertiary/aromatic N) is 3. The fourth-order valence-corrected chi connectivity index (χ4v) is 2.56. The zero-order valence-corrected chi connectivity index (χ0v) is 13.8. The van der Waals surface area contributed by atoms with E-state index < -0.39 is 24.1 Å². The minimum absolute atomic E-state index is 0.0939. The molecule has 2 atom stereocenters. The van der Waals surface area contributed by atoms with Crippen LogP contribution in [0.2, 0.25) is 0 Å². The summed E-state index contributed by atoms with van der Waals surface area (Å²) in [5, 5.41) is 5.13. The maximum absolute atomic E-state index is 12.4. The van der Waals surface area contributed by atoms with Gasteiger partial charge in [-0.3, -0.25) is 9.63 Å². The van der Waals surface area contributed by atoms with Crippen LogP contribution in [0.1, 0.15) is 19.8 Å². The van der Waals surface area contributed by atoms with Crippen molar-refractivity contribution in [1.82, 2.24) is 9.96 Å². The molecule has 132 valence electrons. The molecule has 9 heteroatoms. The Bertz CT molecular complexity index is 561. The maximum atomic E-state index is 12.4. The molecule has 0 aromatic heterocycles. The molecule has 0 N–H and O–H groups in total. The predicted octanol–water partition coefficient (Wildman–Crippen LogP) is 0.507. The van der Waals surface area contributed by atoms with E-state index in [1.54, 1.807) is 6.92 Å². The predicted molar refractivity (Wildman–Crippen MR) is 83.0 cm³/mol. The van der Waals surface area contributed by atoms with Crippen LogP contribution in [0.4, 0.5) is 4.79 Å². The van der Waals surface area contributed by atoms with Crippen LogP contribution in [0.25, 0.3) is 0 Å². The SMILES string of the molecule is C=CCON1C(=O)N2C[C@H]1C(=NOCC(=O)CC)C[C@H]2C(=O)OC. The number of hydrogen-bond acceptors (Lipinski definition) is 7. The molecule has 2 heterocycles. The van der Waals surface area contributed by atoms with Crippen molar-refractivity contribution < 1.29 is 28.8 Å². The normalized spacial score (nSPS) is 24.2. The third kappa shape index (κ3) is 3.56. The molecule has 0 radical (unpaired) electrons. The van der Waals surface area contributed by atoms with E-state index in [2.05, 4.69) is 11.7 Å². The molecule has 2 rings (SSSR count). The van der Waals surface area contributed by atoms with E-state index in [9.17, 15) is 14.4 Å². The van der Waals surface area contributed by atoms with Crippen molar-refractivity contribution in [3.63, 3.8) is 0 Å². The van der Waals surface area contributed by atoms with Crippen molar-refractivity contribution in [2.75, 3.05) is 26.9 Å². The van der Waals surface area contributed by atoms with E-state index >= 15 is 0 Å². The minimum Gasteiger partial charge on any atom is -0.467 e. The lowest BCUT2D eigenvalue weighted by atomic mass is 9.98. The molecule has 2 amide bonds. The lowest BCUT2D eigenvalue weighted by Gasteiger charge is -2.28. The molecule has 9 nitrogen and oxygen atoms in total. The largest absolute Gasteiger partial charge is 0.467 e. The van der Waals surface area contributed by atoms with Crippen LogP contribution in [-0.4, -0.2) is 72.4 Å². The van der Waals surface area contributed by atoms with Gasteiger partial charge < -0.3 is 14.5 Å². The van der Waals surface area contributed by atoms with E-state index in [1.165, 1.54) is 18.1 Å². The number of oxime groups is 1. The van der Waals surface area contributed by atoms with Gasteiger partial charge in [0.25, 0.3) is 0 Å². The fourth-order valence-electron chi connectivity index (χ4n) is 2.56. The number of carbonyl (C=O) groups excluding carboxylic acids is 3. The van der Waals surface area contributed by atoms with Gasteiger partial charge in [0.05, 0.1) is 26.0 Å². The Hall–Kier alpha value is -2.42. The fraction of sp³-hybridized carbons (Fsp3) is 0.600. The van der Waals surface area contributed by atoms with Gasteiger partial charge in [-0.1, -0.05) is 18.2 Å². The van der Waals surface area contributed by atoms with Crippen molar-refractivity contribution >= 4 is 23.5 Å². The van der Waals surface area contributed by atoms with Crippen LogP contribution in [0, 0.1) is 0 Å². The first kappa shape index (κ1) is 17.9. The molecule has 2 saturated heterocycles. The number of methoxy groups -OCH3 is 1. The van der Waals surface area contributed by atoms with Crippen LogP contribution in [0.5, 0.6) is 0 Å². The number of fused-ring (bicyclic) bond motifs is 2. The van der Waals surface area contributed by atoms with Gasteiger partial charge in [0.1, 0.15) is 12.1 Å². The van der Waals surface area contributed by atoms with E-state index in [0.29, 0.717) is 12.1 Å². The maximum Gasteiger partial charge on any atom is 0.345 e. The van der Waals surface area contributed by atoms with Gasteiger partial charge in [-0.05, 0) is 0 Å². The minimum atomic E-state index is -0.791. The molecule has 0 aromatic carbocycles. The molecule has 0 saturated carbocycles. The summed E-state index contributed by atoms with van der Waals surface area (Å²) in [7, 11) is 1.26. The van der Waals surface area contributed by atoms with Gasteiger partial charge in [0, 0.05) is 12.8 Å². The van der Waals surface area contributed by atoms with Crippen molar-refractivity contribution in [2.24, 2.45) is 5.16 Å². The number of ketones is 1. The molecular formula is C15H21N3O6. The van der Waals surface area contributed by atoms with Gasteiger partial charge in [0.15, 0.2) is 12.4 Å². The van der Waals surface area contributed by atoms with E-state index in [0.717, 1.165) is 5.06 Å². The van der Waals surface area contributed by atoms with Gasteiger partial charge in [-0.15, -0.1) is 6.58 Å². The quantitative estimate of drug-likeness (QED) is 0.363. The summed E-state index contributed by atoms with van der Waals surface area (Å²) < 4.78 is 4.76. The highest BCUT2D eigenvalue weighted by molar-refractivity contribution is 6.01. The lowest BCUT2D eigenvalue weighted by Crippen LogP contribution is -2.49. The first-order chi connectivity index (χ1) is 11.5. The third-order valence-corrected chi connectivity index (χ3v) is 3.86. The number of esters is 1. The number of piperidine rings is 1. The molecular weight excluding hydrogens is 318 g/mol. The van der Waals surface area contributed by atoms with Crippen molar-refractivity contribution in [1.29, 1.82) is 0 Å². The van der Waals surface area contributed by atoms with Crippen molar-refractivity contribution in [3.05, 3.63) is 12.7 Å². The van der Waals surface area contributed by atoms with Gasteiger partial charge >= 0.3 is 12.0 Å². The summed E-state index contributed by atoms with van der Waals surface area (Å²) in [6.45, 7) is 5.49. The number of urea groups is 1. The standard InChI is InChI=1S/C15H21N3O6/c1-4-6-24-18-13-8-17(15(18)21)12(14(20)22-3)7-11(13)16-23-9-10(19)5-2/h4,12-13H,1,5-9H2,2-3H3/t12-,13-/m0/s1. The number of carbonyl (C=O) groups is 3. The summed E-state index contributed by atoms with van der Waals surface area (Å²) in [6.07, 6.45) is 2.02. The Labute approximate surface area is 139 Å². The number of hydrogen-bond donors (Lipinski definition) is 0. The molecule has 0 aromatic rings. The van der Waals surface area contributed by atoms with Gasteiger partial charge in [-0.25, -0.2) is 9.59 Å². The van der Waals surface area contributed by atoms with Crippen LogP contribution in [0.15, 0.2) is 17.8 Å². The summed E-state index contributed by atoms with van der Waals surface area (Å²) in [5.41, 5.74) is 0.459. The highest BCUT2D eigenvalue weighted by Crippen LogP contribution is 2.29. The highest BCUT2D eigenvalue weighted by atomic mass is 16.7. The second-order valence-corrected chi connectivity index (χ2v) is 5.35. The monoisotopic (exact) mass is 339 g/mol. The van der Waals surface area contributed by atoms with Crippen molar-refractivity contribution in [3.8, 4) is 0 Å². The van der Waals surface area contributed by atoms with Gasteiger partial charge in [-0.2, -0.15) is 5.06 Å². The number of amides is 2.